The van der Waals surface area contributed by atoms with Crippen molar-refractivity contribution in [2.24, 2.45) is 0 Å². The first-order valence-electron chi connectivity index (χ1n) is 10.0. The normalized spacial score (nSPS) is 13.1. The van der Waals surface area contributed by atoms with Gasteiger partial charge in [-0.2, -0.15) is 0 Å². The molecule has 2 aromatic heterocycles. The summed E-state index contributed by atoms with van der Waals surface area (Å²) in [6.45, 7) is 3.79. The SMILES string of the molecule is Cc1csc(COc2ccn(C3=Cc4ccc(CNCCO)cc4CC3)c(=O)c2)n1. The van der Waals surface area contributed by atoms with Gasteiger partial charge in [0.2, 0.25) is 0 Å². The lowest BCUT2D eigenvalue weighted by Crippen LogP contribution is -2.20. The number of aromatic nitrogens is 2. The van der Waals surface area contributed by atoms with Crippen molar-refractivity contribution in [2.75, 3.05) is 13.2 Å². The number of rotatable bonds is 8. The number of thiazole rings is 1. The monoisotopic (exact) mass is 423 g/mol. The van der Waals surface area contributed by atoms with Gasteiger partial charge in [-0.15, -0.1) is 11.3 Å². The van der Waals surface area contributed by atoms with Crippen LogP contribution in [-0.2, 0) is 19.6 Å². The molecule has 1 aromatic carbocycles. The minimum absolute atomic E-state index is 0.0951. The molecule has 2 N–H and O–H groups in total. The van der Waals surface area contributed by atoms with Gasteiger partial charge in [0.05, 0.1) is 6.61 Å². The van der Waals surface area contributed by atoms with Crippen molar-refractivity contribution in [1.29, 1.82) is 0 Å². The fraction of sp³-hybridized carbons (Fsp3) is 0.304. The van der Waals surface area contributed by atoms with Gasteiger partial charge in [-0.3, -0.25) is 9.36 Å². The second kappa shape index (κ2) is 9.38. The molecule has 7 heteroatoms. The lowest BCUT2D eigenvalue weighted by molar-refractivity contribution is 0.292. The molecule has 0 atom stereocenters. The predicted molar refractivity (Wildman–Crippen MR) is 120 cm³/mol. The van der Waals surface area contributed by atoms with Crippen LogP contribution in [0.4, 0.5) is 0 Å². The maximum atomic E-state index is 12.7. The molecule has 30 heavy (non-hydrogen) atoms. The van der Waals surface area contributed by atoms with E-state index in [0.717, 1.165) is 41.3 Å². The van der Waals surface area contributed by atoms with Crippen LogP contribution in [0.2, 0.25) is 0 Å². The molecule has 0 saturated heterocycles. The molecular weight excluding hydrogens is 398 g/mol. The molecule has 2 heterocycles. The number of hydrogen-bond donors (Lipinski definition) is 2. The van der Waals surface area contributed by atoms with Crippen molar-refractivity contribution in [1.82, 2.24) is 14.9 Å². The maximum Gasteiger partial charge on any atom is 0.258 e. The third-order valence-corrected chi connectivity index (χ3v) is 5.97. The summed E-state index contributed by atoms with van der Waals surface area (Å²) >= 11 is 1.56. The minimum Gasteiger partial charge on any atom is -0.486 e. The number of pyridine rings is 1. The summed E-state index contributed by atoms with van der Waals surface area (Å²) < 4.78 is 7.43. The predicted octanol–water partition coefficient (Wildman–Crippen LogP) is 3.22. The van der Waals surface area contributed by atoms with E-state index < -0.39 is 0 Å². The number of hydrogen-bond acceptors (Lipinski definition) is 6. The topological polar surface area (TPSA) is 76.4 Å². The minimum atomic E-state index is -0.0951. The lowest BCUT2D eigenvalue weighted by Gasteiger charge is -2.19. The van der Waals surface area contributed by atoms with Crippen molar-refractivity contribution < 1.29 is 9.84 Å². The Hall–Kier alpha value is -2.74. The summed E-state index contributed by atoms with van der Waals surface area (Å²) in [6.07, 6.45) is 5.57. The van der Waals surface area contributed by atoms with E-state index in [1.807, 2.05) is 18.4 Å². The Morgan fingerprint density at radius 3 is 2.93 bits per heavy atom. The van der Waals surface area contributed by atoms with Crippen molar-refractivity contribution in [3.05, 3.63) is 79.7 Å². The lowest BCUT2D eigenvalue weighted by atomic mass is 9.93. The number of aliphatic hydroxyl groups is 1. The molecule has 1 aliphatic rings. The molecule has 0 saturated carbocycles. The number of benzene rings is 1. The number of aliphatic hydroxyl groups excluding tert-OH is 1. The summed E-state index contributed by atoms with van der Waals surface area (Å²) in [4.78, 5) is 17.0. The zero-order chi connectivity index (χ0) is 20.9. The summed E-state index contributed by atoms with van der Waals surface area (Å²) in [5, 5.41) is 15.0. The van der Waals surface area contributed by atoms with Crippen LogP contribution in [0.25, 0.3) is 11.8 Å². The van der Waals surface area contributed by atoms with Gasteiger partial charge >= 0.3 is 0 Å². The molecular formula is C23H25N3O3S. The standard InChI is InChI=1S/C23H25N3O3S/c1-16-15-30-22(25-16)14-29-21-6-8-26(23(28)12-21)20-5-4-18-10-17(13-24-7-9-27)2-3-19(18)11-20/h2-3,6,8,10-12,15,24,27H,4-5,7,9,13-14H2,1H3. The van der Waals surface area contributed by atoms with Gasteiger partial charge in [-0.25, -0.2) is 4.98 Å². The third-order valence-electron chi connectivity index (χ3n) is 5.03. The van der Waals surface area contributed by atoms with Crippen LogP contribution in [0.15, 0.2) is 46.7 Å². The summed E-state index contributed by atoms with van der Waals surface area (Å²) in [5.74, 6) is 0.556. The average molecular weight is 424 g/mol. The van der Waals surface area contributed by atoms with Crippen LogP contribution in [0.5, 0.6) is 5.75 Å². The summed E-state index contributed by atoms with van der Waals surface area (Å²) in [5.41, 5.74) is 5.51. The van der Waals surface area contributed by atoms with E-state index >= 15 is 0 Å². The maximum absolute atomic E-state index is 12.7. The largest absolute Gasteiger partial charge is 0.486 e. The smallest absolute Gasteiger partial charge is 0.258 e. The number of fused-ring (bicyclic) bond motifs is 1. The van der Waals surface area contributed by atoms with Crippen LogP contribution in [-0.4, -0.2) is 27.8 Å². The summed E-state index contributed by atoms with van der Waals surface area (Å²) in [6, 6.07) is 9.75. The van der Waals surface area contributed by atoms with Crippen molar-refractivity contribution in [3.8, 4) is 5.75 Å². The highest BCUT2D eigenvalue weighted by molar-refractivity contribution is 7.09. The van der Waals surface area contributed by atoms with Crippen LogP contribution in [0.1, 0.15) is 33.8 Å². The Bertz CT molecular complexity index is 1120. The van der Waals surface area contributed by atoms with Crippen molar-refractivity contribution >= 4 is 23.1 Å². The zero-order valence-electron chi connectivity index (χ0n) is 16.9. The van der Waals surface area contributed by atoms with Crippen molar-refractivity contribution in [2.45, 2.75) is 32.9 Å². The number of nitrogens with zero attached hydrogens (tertiary/aromatic N) is 2. The number of nitrogens with one attached hydrogen (secondary N) is 1. The third kappa shape index (κ3) is 4.87. The molecule has 0 radical (unpaired) electrons. The van der Waals surface area contributed by atoms with Gasteiger partial charge in [0, 0.05) is 42.1 Å². The Morgan fingerprint density at radius 1 is 1.27 bits per heavy atom. The van der Waals surface area contributed by atoms with E-state index in [9.17, 15) is 4.79 Å². The molecule has 0 bridgehead atoms. The van der Waals surface area contributed by atoms with Gasteiger partial charge < -0.3 is 15.2 Å². The number of allylic oxidation sites excluding steroid dienone is 1. The van der Waals surface area contributed by atoms with Gasteiger partial charge in [0.15, 0.2) is 0 Å². The zero-order valence-corrected chi connectivity index (χ0v) is 17.7. The van der Waals surface area contributed by atoms with Crippen LogP contribution in [0.3, 0.4) is 0 Å². The molecule has 0 unspecified atom stereocenters. The molecule has 3 aromatic rings. The Morgan fingerprint density at radius 2 is 2.17 bits per heavy atom. The second-order valence-corrected chi connectivity index (χ2v) is 8.25. The molecule has 0 aliphatic heterocycles. The van der Waals surface area contributed by atoms with Gasteiger partial charge in [-0.1, -0.05) is 18.2 Å². The van der Waals surface area contributed by atoms with E-state index in [-0.39, 0.29) is 12.2 Å². The average Bonchev–Trinajstić information content (AvgIpc) is 3.17. The van der Waals surface area contributed by atoms with E-state index in [4.69, 9.17) is 9.84 Å². The van der Waals surface area contributed by atoms with E-state index in [0.29, 0.717) is 18.9 Å². The van der Waals surface area contributed by atoms with E-state index in [2.05, 4.69) is 34.6 Å². The number of ether oxygens (including phenoxy) is 1. The molecule has 0 fully saturated rings. The quantitative estimate of drug-likeness (QED) is 0.544. The van der Waals surface area contributed by atoms with Crippen LogP contribution >= 0.6 is 11.3 Å². The van der Waals surface area contributed by atoms with Crippen LogP contribution in [0, 0.1) is 6.92 Å². The second-order valence-electron chi connectivity index (χ2n) is 7.31. The highest BCUT2D eigenvalue weighted by Gasteiger charge is 2.14. The van der Waals surface area contributed by atoms with Crippen molar-refractivity contribution in [3.63, 3.8) is 0 Å². The summed E-state index contributed by atoms with van der Waals surface area (Å²) in [7, 11) is 0. The van der Waals surface area contributed by atoms with Gasteiger partial charge in [-0.05, 0) is 48.6 Å². The first-order valence-corrected chi connectivity index (χ1v) is 10.9. The molecule has 4 rings (SSSR count). The molecule has 0 amide bonds. The molecule has 0 spiro atoms. The van der Waals surface area contributed by atoms with Gasteiger partial charge in [0.1, 0.15) is 17.4 Å². The number of aryl methyl sites for hydroxylation is 2. The molecule has 156 valence electrons. The van der Waals surface area contributed by atoms with Crippen LogP contribution < -0.4 is 15.6 Å². The fourth-order valence-electron chi connectivity index (χ4n) is 3.54. The Labute approximate surface area is 179 Å². The molecule has 1 aliphatic carbocycles. The van der Waals surface area contributed by atoms with E-state index in [1.54, 1.807) is 22.1 Å². The Kier molecular flexibility index (Phi) is 6.42. The first kappa shape index (κ1) is 20.5. The first-order chi connectivity index (χ1) is 14.6. The highest BCUT2D eigenvalue weighted by Crippen LogP contribution is 2.27. The highest BCUT2D eigenvalue weighted by atomic mass is 32.1. The van der Waals surface area contributed by atoms with E-state index in [1.165, 1.54) is 17.2 Å². The Balaban J connectivity index is 1.47. The molecule has 6 nitrogen and oxygen atoms in total. The fourth-order valence-corrected chi connectivity index (χ4v) is 4.23. The van der Waals surface area contributed by atoms with Gasteiger partial charge in [0.25, 0.3) is 5.56 Å².